The van der Waals surface area contributed by atoms with Crippen LogP contribution in [0.3, 0.4) is 0 Å². The Hall–Kier alpha value is -3.00. The summed E-state index contributed by atoms with van der Waals surface area (Å²) >= 11 is 0. The number of nitrogens with zero attached hydrogens (tertiary/aromatic N) is 1. The van der Waals surface area contributed by atoms with E-state index in [9.17, 15) is 4.79 Å². The minimum absolute atomic E-state index is 0.171. The summed E-state index contributed by atoms with van der Waals surface area (Å²) in [6.07, 6.45) is 4.84. The van der Waals surface area contributed by atoms with Crippen molar-refractivity contribution in [1.82, 2.24) is 9.97 Å². The van der Waals surface area contributed by atoms with Gasteiger partial charge in [-0.1, -0.05) is 0 Å². The van der Waals surface area contributed by atoms with E-state index in [1.54, 1.807) is 18.5 Å². The maximum atomic E-state index is 12.1. The van der Waals surface area contributed by atoms with E-state index in [2.05, 4.69) is 16.0 Å². The fraction of sp³-hybridized carbons (Fsp3) is 0.0667. The first-order chi connectivity index (χ1) is 9.61. The molecule has 0 aliphatic rings. The molecule has 3 rings (SSSR count). The average Bonchev–Trinajstić information content (AvgIpc) is 2.83. The van der Waals surface area contributed by atoms with Gasteiger partial charge in [0.15, 0.2) is 0 Å². The number of nitrogens with two attached hydrogens (primary N) is 1. The van der Waals surface area contributed by atoms with Crippen molar-refractivity contribution < 1.29 is 0 Å². The Kier molecular flexibility index (Phi) is 2.58. The Morgan fingerprint density at radius 3 is 2.75 bits per heavy atom. The van der Waals surface area contributed by atoms with E-state index in [-0.39, 0.29) is 11.1 Å². The van der Waals surface area contributed by atoms with Gasteiger partial charge in [-0.2, -0.15) is 5.26 Å². The monoisotopic (exact) mass is 264 g/mol. The number of aryl methyl sites for hydroxylation is 1. The number of anilines is 1. The number of aromatic amines is 2. The van der Waals surface area contributed by atoms with Crippen LogP contribution in [0.5, 0.6) is 0 Å². The zero-order valence-corrected chi connectivity index (χ0v) is 10.8. The van der Waals surface area contributed by atoms with E-state index in [0.29, 0.717) is 11.1 Å². The number of nitrogen functional groups attached to an aromatic ring is 1. The van der Waals surface area contributed by atoms with Crippen LogP contribution in [0.4, 0.5) is 5.69 Å². The van der Waals surface area contributed by atoms with Crippen molar-refractivity contribution in [3.05, 3.63) is 52.1 Å². The first-order valence-corrected chi connectivity index (χ1v) is 6.10. The highest BCUT2D eigenvalue weighted by atomic mass is 16.1. The molecule has 0 aliphatic heterocycles. The van der Waals surface area contributed by atoms with Crippen LogP contribution in [0.2, 0.25) is 0 Å². The third-order valence-corrected chi connectivity index (χ3v) is 3.41. The van der Waals surface area contributed by atoms with E-state index in [1.165, 1.54) is 6.20 Å². The predicted molar refractivity (Wildman–Crippen MR) is 78.2 cm³/mol. The lowest BCUT2D eigenvalue weighted by molar-refractivity contribution is 1.31. The minimum atomic E-state index is -0.219. The lowest BCUT2D eigenvalue weighted by atomic mass is 10.0. The summed E-state index contributed by atoms with van der Waals surface area (Å²) in [7, 11) is 0. The molecule has 5 heteroatoms. The highest BCUT2D eigenvalue weighted by Gasteiger charge is 2.12. The van der Waals surface area contributed by atoms with Crippen molar-refractivity contribution in [3.8, 4) is 17.2 Å². The summed E-state index contributed by atoms with van der Waals surface area (Å²) < 4.78 is 0. The van der Waals surface area contributed by atoms with Gasteiger partial charge in [0.05, 0.1) is 17.3 Å². The van der Waals surface area contributed by atoms with Crippen LogP contribution in [0, 0.1) is 18.3 Å². The van der Waals surface area contributed by atoms with Crippen LogP contribution < -0.4 is 11.2 Å². The Balaban J connectivity index is 2.36. The number of rotatable bonds is 1. The highest BCUT2D eigenvalue weighted by molar-refractivity contribution is 5.96. The zero-order valence-electron chi connectivity index (χ0n) is 10.8. The average molecular weight is 264 g/mol. The number of aromatic nitrogens is 2. The molecule has 0 radical (unpaired) electrons. The second kappa shape index (κ2) is 4.28. The summed E-state index contributed by atoms with van der Waals surface area (Å²) in [6.45, 7) is 1.88. The molecule has 0 atom stereocenters. The number of nitriles is 1. The van der Waals surface area contributed by atoms with E-state index >= 15 is 0 Å². The smallest absolute Gasteiger partial charge is 0.212 e. The first-order valence-electron chi connectivity index (χ1n) is 6.10. The van der Waals surface area contributed by atoms with Gasteiger partial charge in [-0.05, 0) is 24.6 Å². The number of hydrogen-bond donors (Lipinski definition) is 3. The molecule has 1 aromatic carbocycles. The van der Waals surface area contributed by atoms with Gasteiger partial charge in [-0.25, -0.2) is 0 Å². The molecule has 0 aliphatic carbocycles. The number of fused-ring (bicyclic) bond motifs is 1. The number of H-pyrrole nitrogens is 2. The second-order valence-corrected chi connectivity index (χ2v) is 4.68. The lowest BCUT2D eigenvalue weighted by Gasteiger charge is -2.02. The van der Waals surface area contributed by atoms with Crippen molar-refractivity contribution in [3.63, 3.8) is 0 Å². The van der Waals surface area contributed by atoms with Crippen molar-refractivity contribution in [2.75, 3.05) is 5.73 Å². The largest absolute Gasteiger partial charge is 0.394 e. The number of benzene rings is 1. The quantitative estimate of drug-likeness (QED) is 0.628. The topological polar surface area (TPSA) is 98.5 Å². The molecule has 0 saturated carbocycles. The summed E-state index contributed by atoms with van der Waals surface area (Å²) in [4.78, 5) is 18.1. The van der Waals surface area contributed by atoms with Crippen LogP contribution in [-0.2, 0) is 0 Å². The lowest BCUT2D eigenvalue weighted by Crippen LogP contribution is -2.10. The molecule has 5 nitrogen and oxygen atoms in total. The van der Waals surface area contributed by atoms with Gasteiger partial charge in [0.1, 0.15) is 0 Å². The molecule has 2 heterocycles. The molecule has 2 aromatic heterocycles. The van der Waals surface area contributed by atoms with Gasteiger partial charge < -0.3 is 15.7 Å². The van der Waals surface area contributed by atoms with Gasteiger partial charge in [0.2, 0.25) is 5.43 Å². The molecule has 0 amide bonds. The molecule has 0 spiro atoms. The second-order valence-electron chi connectivity index (χ2n) is 4.68. The summed E-state index contributed by atoms with van der Waals surface area (Å²) in [5.41, 5.74) is 9.21. The van der Waals surface area contributed by atoms with Crippen LogP contribution in [0.15, 0.2) is 35.5 Å². The Bertz CT molecular complexity index is 912. The maximum absolute atomic E-state index is 12.1. The molecule has 0 saturated heterocycles. The van der Waals surface area contributed by atoms with Gasteiger partial charge in [-0.3, -0.25) is 4.79 Å². The Morgan fingerprint density at radius 2 is 2.00 bits per heavy atom. The normalized spacial score (nSPS) is 10.6. The van der Waals surface area contributed by atoms with Gasteiger partial charge in [0.25, 0.3) is 0 Å². The van der Waals surface area contributed by atoms with E-state index in [0.717, 1.165) is 22.0 Å². The molecular formula is C15H12N4O. The molecule has 4 N–H and O–H groups in total. The Morgan fingerprint density at radius 1 is 1.20 bits per heavy atom. The molecule has 0 unspecified atom stereocenters. The third kappa shape index (κ3) is 1.67. The van der Waals surface area contributed by atoms with E-state index < -0.39 is 0 Å². The molecule has 3 aromatic rings. The number of nitrogens with one attached hydrogen (secondary N) is 2. The van der Waals surface area contributed by atoms with Crippen molar-refractivity contribution in [2.24, 2.45) is 0 Å². The molecule has 0 bridgehead atoms. The van der Waals surface area contributed by atoms with Crippen LogP contribution in [-0.4, -0.2) is 9.97 Å². The van der Waals surface area contributed by atoms with E-state index in [1.807, 2.05) is 13.0 Å². The molecule has 0 fully saturated rings. The predicted octanol–water partition coefficient (Wildman–Crippen LogP) is 2.29. The maximum Gasteiger partial charge on any atom is 0.212 e. The molecule has 20 heavy (non-hydrogen) atoms. The van der Waals surface area contributed by atoms with Crippen molar-refractivity contribution in [1.29, 1.82) is 5.26 Å². The molecular weight excluding hydrogens is 252 g/mol. The first kappa shape index (κ1) is 12.1. The minimum Gasteiger partial charge on any atom is -0.394 e. The Labute approximate surface area is 114 Å². The van der Waals surface area contributed by atoms with E-state index in [4.69, 9.17) is 11.0 Å². The van der Waals surface area contributed by atoms with Gasteiger partial charge in [0, 0.05) is 40.6 Å². The fourth-order valence-electron chi connectivity index (χ4n) is 2.32. The van der Waals surface area contributed by atoms with Crippen LogP contribution in [0.1, 0.15) is 11.1 Å². The van der Waals surface area contributed by atoms with Crippen molar-refractivity contribution in [2.45, 2.75) is 6.92 Å². The van der Waals surface area contributed by atoms with Crippen molar-refractivity contribution >= 4 is 16.6 Å². The summed E-state index contributed by atoms with van der Waals surface area (Å²) in [6, 6.07) is 5.85. The number of hydrogen-bond acceptors (Lipinski definition) is 3. The fourth-order valence-corrected chi connectivity index (χ4v) is 2.32. The summed E-state index contributed by atoms with van der Waals surface area (Å²) in [5, 5.41) is 9.96. The number of pyridine rings is 1. The summed E-state index contributed by atoms with van der Waals surface area (Å²) in [5.74, 6) is 0. The van der Waals surface area contributed by atoms with Crippen LogP contribution >= 0.6 is 0 Å². The highest BCUT2D eigenvalue weighted by Crippen LogP contribution is 2.28. The zero-order chi connectivity index (χ0) is 14.3. The SMILES string of the molecule is Cc1cc2[nH]cc(-c3c[nH]cc(N)c3=O)c2cc1C#N. The molecule has 98 valence electrons. The third-order valence-electron chi connectivity index (χ3n) is 3.41. The van der Waals surface area contributed by atoms with Crippen LogP contribution in [0.25, 0.3) is 22.0 Å². The van der Waals surface area contributed by atoms with Gasteiger partial charge in [-0.15, -0.1) is 0 Å². The van der Waals surface area contributed by atoms with Gasteiger partial charge >= 0.3 is 0 Å². The standard InChI is InChI=1S/C15H12N4O/c1-8-2-14-10(3-9(8)4-16)11(6-19-14)12-5-18-7-13(17)15(12)20/h2-3,5-7,19H,17H2,1H3,(H,18,20).